The van der Waals surface area contributed by atoms with Gasteiger partial charge in [0.25, 0.3) is 11.8 Å². The van der Waals surface area contributed by atoms with Gasteiger partial charge in [0.05, 0.1) is 18.4 Å². The molecular formula is C23H29N3O5S. The molecular weight excluding hydrogens is 430 g/mol. The minimum Gasteiger partial charge on any atom is -0.495 e. The lowest BCUT2D eigenvalue weighted by atomic mass is 10.1. The Morgan fingerprint density at radius 1 is 1.09 bits per heavy atom. The molecule has 3 rings (SSSR count). The van der Waals surface area contributed by atoms with Crippen LogP contribution in [0.1, 0.15) is 53.0 Å². The summed E-state index contributed by atoms with van der Waals surface area (Å²) in [5, 5.41) is 2.81. The zero-order valence-electron chi connectivity index (χ0n) is 18.8. The summed E-state index contributed by atoms with van der Waals surface area (Å²) >= 11 is 0. The van der Waals surface area contributed by atoms with Gasteiger partial charge in [-0.3, -0.25) is 9.59 Å². The van der Waals surface area contributed by atoms with Gasteiger partial charge in [0, 0.05) is 24.7 Å². The van der Waals surface area contributed by atoms with Gasteiger partial charge < -0.3 is 15.0 Å². The molecule has 1 saturated heterocycles. The van der Waals surface area contributed by atoms with Crippen LogP contribution in [0.2, 0.25) is 0 Å². The number of nitrogens with zero attached hydrogens (tertiary/aromatic N) is 1. The van der Waals surface area contributed by atoms with Crippen molar-refractivity contribution < 1.29 is 22.7 Å². The Balaban J connectivity index is 1.95. The third-order valence-corrected chi connectivity index (χ3v) is 6.92. The quantitative estimate of drug-likeness (QED) is 0.662. The summed E-state index contributed by atoms with van der Waals surface area (Å²) < 4.78 is 33.1. The van der Waals surface area contributed by atoms with Crippen molar-refractivity contribution in [2.45, 2.75) is 44.6 Å². The van der Waals surface area contributed by atoms with Crippen LogP contribution in [0.3, 0.4) is 0 Å². The summed E-state index contributed by atoms with van der Waals surface area (Å²) in [5.41, 5.74) is 1.72. The molecule has 2 N–H and O–H groups in total. The molecule has 0 atom stereocenters. The van der Waals surface area contributed by atoms with Gasteiger partial charge >= 0.3 is 0 Å². The molecule has 172 valence electrons. The Hall–Kier alpha value is -2.91. The van der Waals surface area contributed by atoms with Crippen LogP contribution >= 0.6 is 0 Å². The number of nitrogens with one attached hydrogen (secondary N) is 2. The van der Waals surface area contributed by atoms with Crippen LogP contribution < -0.4 is 14.8 Å². The lowest BCUT2D eigenvalue weighted by Crippen LogP contribution is -2.31. The van der Waals surface area contributed by atoms with Gasteiger partial charge in [-0.15, -0.1) is 0 Å². The standard InChI is InChI=1S/C23H29N3O5S/c1-15(2)25-32(29,30)20-14-17(10-11-19(20)31-4)22(27)24-21-16(3)8-7-9-18(21)23(28)26-12-5-6-13-26/h7-11,14-15,25H,5-6,12-13H2,1-4H3,(H,24,27). The van der Waals surface area contributed by atoms with Crippen molar-refractivity contribution in [3.63, 3.8) is 0 Å². The van der Waals surface area contributed by atoms with E-state index in [-0.39, 0.29) is 28.2 Å². The minimum absolute atomic E-state index is 0.124. The molecule has 1 heterocycles. The fourth-order valence-corrected chi connectivity index (χ4v) is 5.14. The smallest absolute Gasteiger partial charge is 0.255 e. The zero-order chi connectivity index (χ0) is 23.5. The van der Waals surface area contributed by atoms with Crippen molar-refractivity contribution in [1.29, 1.82) is 0 Å². The topological polar surface area (TPSA) is 105 Å². The van der Waals surface area contributed by atoms with Crippen molar-refractivity contribution in [3.05, 3.63) is 53.1 Å². The summed E-state index contributed by atoms with van der Waals surface area (Å²) in [5.74, 6) is -0.505. The number of methoxy groups -OCH3 is 1. The molecule has 1 fully saturated rings. The summed E-state index contributed by atoms with van der Waals surface area (Å²) in [6.07, 6.45) is 1.93. The highest BCUT2D eigenvalue weighted by Gasteiger charge is 2.25. The van der Waals surface area contributed by atoms with Gasteiger partial charge in [0.2, 0.25) is 10.0 Å². The first kappa shape index (κ1) is 23.7. The lowest BCUT2D eigenvalue weighted by molar-refractivity contribution is 0.0793. The van der Waals surface area contributed by atoms with Crippen LogP contribution in [-0.2, 0) is 10.0 Å². The second-order valence-electron chi connectivity index (χ2n) is 8.09. The van der Waals surface area contributed by atoms with Crippen LogP contribution in [0.5, 0.6) is 5.75 Å². The van der Waals surface area contributed by atoms with Crippen molar-refractivity contribution in [2.24, 2.45) is 0 Å². The van der Waals surface area contributed by atoms with E-state index in [1.54, 1.807) is 30.9 Å². The molecule has 0 radical (unpaired) electrons. The number of ether oxygens (including phenoxy) is 1. The molecule has 2 amide bonds. The Morgan fingerprint density at radius 3 is 2.41 bits per heavy atom. The SMILES string of the molecule is COc1ccc(C(=O)Nc2c(C)cccc2C(=O)N2CCCC2)cc1S(=O)(=O)NC(C)C. The van der Waals surface area contributed by atoms with E-state index in [1.807, 2.05) is 13.0 Å². The highest BCUT2D eigenvalue weighted by molar-refractivity contribution is 7.89. The van der Waals surface area contributed by atoms with E-state index in [0.717, 1.165) is 18.4 Å². The van der Waals surface area contributed by atoms with Crippen molar-refractivity contribution in [3.8, 4) is 5.75 Å². The maximum atomic E-state index is 13.1. The summed E-state index contributed by atoms with van der Waals surface area (Å²) in [4.78, 5) is 27.7. The van der Waals surface area contributed by atoms with Crippen molar-refractivity contribution in [1.82, 2.24) is 9.62 Å². The number of likely N-dealkylation sites (tertiary alicyclic amines) is 1. The molecule has 0 unspecified atom stereocenters. The van der Waals surface area contributed by atoms with E-state index in [0.29, 0.717) is 24.3 Å². The first-order valence-corrected chi connectivity index (χ1v) is 12.0. The highest BCUT2D eigenvalue weighted by atomic mass is 32.2. The second kappa shape index (κ2) is 9.70. The Bertz CT molecular complexity index is 1120. The van der Waals surface area contributed by atoms with Crippen LogP contribution in [0.15, 0.2) is 41.3 Å². The normalized spacial score (nSPS) is 14.0. The van der Waals surface area contributed by atoms with Gasteiger partial charge in [-0.2, -0.15) is 0 Å². The van der Waals surface area contributed by atoms with Crippen LogP contribution in [0.4, 0.5) is 5.69 Å². The molecule has 32 heavy (non-hydrogen) atoms. The van der Waals surface area contributed by atoms with Crippen LogP contribution in [0, 0.1) is 6.92 Å². The molecule has 0 aliphatic carbocycles. The predicted octanol–water partition coefficient (Wildman–Crippen LogP) is 3.18. The molecule has 1 aliphatic heterocycles. The number of benzene rings is 2. The van der Waals surface area contributed by atoms with Gasteiger partial charge in [0.1, 0.15) is 10.6 Å². The van der Waals surface area contributed by atoms with E-state index < -0.39 is 15.9 Å². The average Bonchev–Trinajstić information content (AvgIpc) is 3.28. The van der Waals surface area contributed by atoms with Gasteiger partial charge in [-0.05, 0) is 63.4 Å². The predicted molar refractivity (Wildman–Crippen MR) is 123 cm³/mol. The number of rotatable bonds is 7. The van der Waals surface area contributed by atoms with Gasteiger partial charge in [-0.1, -0.05) is 12.1 Å². The maximum Gasteiger partial charge on any atom is 0.255 e. The number of amides is 2. The molecule has 9 heteroatoms. The molecule has 1 aliphatic rings. The second-order valence-corrected chi connectivity index (χ2v) is 9.77. The zero-order valence-corrected chi connectivity index (χ0v) is 19.6. The highest BCUT2D eigenvalue weighted by Crippen LogP contribution is 2.28. The Morgan fingerprint density at radius 2 is 1.78 bits per heavy atom. The van der Waals surface area contributed by atoms with E-state index in [9.17, 15) is 18.0 Å². The fraction of sp³-hybridized carbons (Fsp3) is 0.391. The number of aryl methyl sites for hydroxylation is 1. The van der Waals surface area contributed by atoms with Gasteiger partial charge in [-0.25, -0.2) is 13.1 Å². The monoisotopic (exact) mass is 459 g/mol. The maximum absolute atomic E-state index is 13.1. The van der Waals surface area contributed by atoms with Crippen LogP contribution in [0.25, 0.3) is 0 Å². The third-order valence-electron chi connectivity index (χ3n) is 5.24. The van der Waals surface area contributed by atoms with Gasteiger partial charge in [0.15, 0.2) is 0 Å². The molecule has 2 aromatic rings. The number of carbonyl (C=O) groups excluding carboxylic acids is 2. The number of sulfonamides is 1. The molecule has 0 bridgehead atoms. The molecule has 0 saturated carbocycles. The summed E-state index contributed by atoms with van der Waals surface area (Å²) in [6.45, 7) is 6.62. The summed E-state index contributed by atoms with van der Waals surface area (Å²) in [7, 11) is -2.52. The number of para-hydroxylation sites is 1. The van der Waals surface area contributed by atoms with Crippen molar-refractivity contribution in [2.75, 3.05) is 25.5 Å². The number of hydrogen-bond acceptors (Lipinski definition) is 5. The van der Waals surface area contributed by atoms with E-state index in [1.165, 1.54) is 25.3 Å². The minimum atomic E-state index is -3.89. The van der Waals surface area contributed by atoms with Crippen LogP contribution in [-0.4, -0.2) is 51.4 Å². The Labute approximate surface area is 189 Å². The largest absolute Gasteiger partial charge is 0.495 e. The van der Waals surface area contributed by atoms with E-state index in [4.69, 9.17) is 4.74 Å². The Kier molecular flexibility index (Phi) is 7.20. The number of hydrogen-bond donors (Lipinski definition) is 2. The van der Waals surface area contributed by atoms with Crippen molar-refractivity contribution >= 4 is 27.5 Å². The molecule has 8 nitrogen and oxygen atoms in total. The number of carbonyl (C=O) groups is 2. The number of anilines is 1. The summed E-state index contributed by atoms with van der Waals surface area (Å²) in [6, 6.07) is 9.17. The first-order valence-electron chi connectivity index (χ1n) is 10.5. The first-order chi connectivity index (χ1) is 15.1. The third kappa shape index (κ3) is 5.11. The lowest BCUT2D eigenvalue weighted by Gasteiger charge is -2.19. The van der Waals surface area contributed by atoms with E-state index >= 15 is 0 Å². The molecule has 0 spiro atoms. The fourth-order valence-electron chi connectivity index (χ4n) is 3.69. The molecule has 0 aromatic heterocycles. The van der Waals surface area contributed by atoms with E-state index in [2.05, 4.69) is 10.0 Å². The molecule has 2 aromatic carbocycles. The average molecular weight is 460 g/mol.